The molecule has 0 unspecified atom stereocenters. The number of halogens is 1. The lowest BCUT2D eigenvalue weighted by molar-refractivity contribution is -0.157. The lowest BCUT2D eigenvalue weighted by Crippen LogP contribution is -2.41. The number of carbonyl (C=O) groups excluding carboxylic acids is 4. The van der Waals surface area contributed by atoms with E-state index in [4.69, 9.17) is 16.3 Å². The number of nitrogens with zero attached hydrogens (tertiary/aromatic N) is 1. The summed E-state index contributed by atoms with van der Waals surface area (Å²) in [7, 11) is 0. The SMILES string of the molecule is C[C@H](OC(=O)CCC(=O)c1ccc(Cl)s1)C(=O)N1CCNC1=O. The molecule has 1 fully saturated rings. The Bertz CT molecular complexity index is 645. The van der Waals surface area contributed by atoms with Gasteiger partial charge in [0.15, 0.2) is 11.9 Å². The van der Waals surface area contributed by atoms with Crippen LogP contribution >= 0.6 is 22.9 Å². The molecule has 2 heterocycles. The van der Waals surface area contributed by atoms with E-state index < -0.39 is 24.0 Å². The molecule has 7 nitrogen and oxygen atoms in total. The van der Waals surface area contributed by atoms with Crippen molar-refractivity contribution in [1.29, 1.82) is 0 Å². The van der Waals surface area contributed by atoms with Crippen molar-refractivity contribution in [2.24, 2.45) is 0 Å². The molecule has 1 N–H and O–H groups in total. The molecule has 0 saturated carbocycles. The minimum Gasteiger partial charge on any atom is -0.453 e. The van der Waals surface area contributed by atoms with Gasteiger partial charge in [0, 0.05) is 19.5 Å². The Morgan fingerprint density at radius 1 is 1.39 bits per heavy atom. The van der Waals surface area contributed by atoms with Crippen LogP contribution in [-0.4, -0.2) is 47.8 Å². The molecule has 1 aromatic heterocycles. The maximum atomic E-state index is 12.0. The second-order valence-electron chi connectivity index (χ2n) is 4.88. The zero-order valence-corrected chi connectivity index (χ0v) is 13.9. The Labute approximate surface area is 141 Å². The molecule has 0 spiro atoms. The summed E-state index contributed by atoms with van der Waals surface area (Å²) in [5.41, 5.74) is 0. The first kappa shape index (κ1) is 17.4. The molecule has 0 aliphatic carbocycles. The molecule has 1 atom stereocenters. The first-order valence-corrected chi connectivity index (χ1v) is 8.15. The van der Waals surface area contributed by atoms with Crippen LogP contribution in [0, 0.1) is 0 Å². The number of urea groups is 1. The molecule has 1 aliphatic rings. The van der Waals surface area contributed by atoms with Gasteiger partial charge < -0.3 is 10.1 Å². The molecule has 1 aromatic rings. The summed E-state index contributed by atoms with van der Waals surface area (Å²) in [6.07, 6.45) is -1.24. The molecule has 3 amide bonds. The third-order valence-corrected chi connectivity index (χ3v) is 4.46. The molecule has 2 rings (SSSR count). The first-order valence-electron chi connectivity index (χ1n) is 6.95. The Kier molecular flexibility index (Phi) is 5.73. The smallest absolute Gasteiger partial charge is 0.324 e. The van der Waals surface area contributed by atoms with Crippen molar-refractivity contribution >= 4 is 46.6 Å². The number of nitrogens with one attached hydrogen (secondary N) is 1. The van der Waals surface area contributed by atoms with E-state index in [1.54, 1.807) is 12.1 Å². The number of hydrogen-bond acceptors (Lipinski definition) is 6. The highest BCUT2D eigenvalue weighted by Crippen LogP contribution is 2.23. The van der Waals surface area contributed by atoms with E-state index in [0.717, 1.165) is 16.2 Å². The van der Waals surface area contributed by atoms with Gasteiger partial charge in [0.25, 0.3) is 5.91 Å². The van der Waals surface area contributed by atoms with E-state index in [9.17, 15) is 19.2 Å². The van der Waals surface area contributed by atoms with Gasteiger partial charge >= 0.3 is 12.0 Å². The van der Waals surface area contributed by atoms with Gasteiger partial charge in [0.1, 0.15) is 0 Å². The maximum Gasteiger partial charge on any atom is 0.324 e. The Morgan fingerprint density at radius 2 is 2.13 bits per heavy atom. The Hall–Kier alpha value is -1.93. The highest BCUT2D eigenvalue weighted by atomic mass is 35.5. The van der Waals surface area contributed by atoms with Gasteiger partial charge in [-0.15, -0.1) is 11.3 Å². The van der Waals surface area contributed by atoms with E-state index in [0.29, 0.717) is 15.8 Å². The Balaban J connectivity index is 1.78. The van der Waals surface area contributed by atoms with Crippen LogP contribution in [0.2, 0.25) is 4.34 Å². The highest BCUT2D eigenvalue weighted by molar-refractivity contribution is 7.18. The number of imide groups is 1. The summed E-state index contributed by atoms with van der Waals surface area (Å²) in [5.74, 6) is -1.46. The van der Waals surface area contributed by atoms with Crippen molar-refractivity contribution in [3.8, 4) is 0 Å². The highest BCUT2D eigenvalue weighted by Gasteiger charge is 2.31. The summed E-state index contributed by atoms with van der Waals surface area (Å²) < 4.78 is 5.48. The van der Waals surface area contributed by atoms with Crippen LogP contribution in [0.1, 0.15) is 29.4 Å². The van der Waals surface area contributed by atoms with Crippen LogP contribution in [0.15, 0.2) is 12.1 Å². The zero-order chi connectivity index (χ0) is 17.0. The molecule has 1 aliphatic heterocycles. The van der Waals surface area contributed by atoms with Crippen molar-refractivity contribution in [3.05, 3.63) is 21.3 Å². The molecule has 0 bridgehead atoms. The van der Waals surface area contributed by atoms with Crippen LogP contribution in [0.25, 0.3) is 0 Å². The largest absolute Gasteiger partial charge is 0.453 e. The standard InChI is InChI=1S/C14H15ClN2O5S/c1-8(13(20)17-7-6-16-14(17)21)22-12(19)5-2-9(18)10-3-4-11(15)23-10/h3-4,8H,2,5-7H2,1H3,(H,16,21)/t8-/m0/s1. The minimum absolute atomic E-state index is 0.0270. The lowest BCUT2D eigenvalue weighted by atomic mass is 10.2. The molecular weight excluding hydrogens is 344 g/mol. The molecule has 23 heavy (non-hydrogen) atoms. The van der Waals surface area contributed by atoms with E-state index in [1.165, 1.54) is 6.92 Å². The number of ether oxygens (including phenoxy) is 1. The van der Waals surface area contributed by atoms with E-state index in [-0.39, 0.29) is 25.2 Å². The van der Waals surface area contributed by atoms with Crippen LogP contribution in [0.4, 0.5) is 4.79 Å². The third kappa shape index (κ3) is 4.52. The summed E-state index contributed by atoms with van der Waals surface area (Å²) in [6, 6.07) is 2.71. The average molecular weight is 359 g/mol. The van der Waals surface area contributed by atoms with Gasteiger partial charge in [-0.2, -0.15) is 0 Å². The van der Waals surface area contributed by atoms with Crippen LogP contribution in [0.3, 0.4) is 0 Å². The van der Waals surface area contributed by atoms with Gasteiger partial charge in [-0.25, -0.2) is 4.79 Å². The van der Waals surface area contributed by atoms with Crippen LogP contribution in [0.5, 0.6) is 0 Å². The summed E-state index contributed by atoms with van der Waals surface area (Å²) >= 11 is 6.89. The van der Waals surface area contributed by atoms with Crippen molar-refractivity contribution in [3.63, 3.8) is 0 Å². The number of carbonyl (C=O) groups is 4. The molecule has 1 saturated heterocycles. The Morgan fingerprint density at radius 3 is 2.70 bits per heavy atom. The van der Waals surface area contributed by atoms with Gasteiger partial charge in [-0.3, -0.25) is 19.3 Å². The fraction of sp³-hybridized carbons (Fsp3) is 0.429. The molecular formula is C14H15ClN2O5S. The predicted molar refractivity (Wildman–Crippen MR) is 83.6 cm³/mol. The van der Waals surface area contributed by atoms with Gasteiger partial charge in [-0.1, -0.05) is 11.6 Å². The zero-order valence-electron chi connectivity index (χ0n) is 12.3. The number of Topliss-reactive ketones (excluding diaryl/α,β-unsaturated/α-hetero) is 1. The fourth-order valence-electron chi connectivity index (χ4n) is 2.01. The van der Waals surface area contributed by atoms with Crippen molar-refractivity contribution < 1.29 is 23.9 Å². The normalized spacial score (nSPS) is 15.2. The number of hydrogen-bond donors (Lipinski definition) is 1. The molecule has 0 radical (unpaired) electrons. The molecule has 0 aromatic carbocycles. The summed E-state index contributed by atoms with van der Waals surface area (Å²) in [4.78, 5) is 48.4. The quantitative estimate of drug-likeness (QED) is 0.618. The van der Waals surface area contributed by atoms with Crippen molar-refractivity contribution in [2.45, 2.75) is 25.9 Å². The van der Waals surface area contributed by atoms with Gasteiger partial charge in [0.05, 0.1) is 15.6 Å². The van der Waals surface area contributed by atoms with Crippen molar-refractivity contribution in [1.82, 2.24) is 10.2 Å². The fourth-order valence-corrected chi connectivity index (χ4v) is 3.02. The lowest BCUT2D eigenvalue weighted by Gasteiger charge is -2.18. The number of rotatable bonds is 6. The van der Waals surface area contributed by atoms with Crippen molar-refractivity contribution in [2.75, 3.05) is 13.1 Å². The van der Waals surface area contributed by atoms with E-state index in [1.807, 2.05) is 0 Å². The second kappa shape index (κ2) is 7.56. The molecule has 9 heteroatoms. The maximum absolute atomic E-state index is 12.0. The predicted octanol–water partition coefficient (Wildman–Crippen LogP) is 1.85. The first-order chi connectivity index (χ1) is 10.9. The average Bonchev–Trinajstić information content (AvgIpc) is 3.12. The third-order valence-electron chi connectivity index (χ3n) is 3.18. The topological polar surface area (TPSA) is 92.8 Å². The second-order valence-corrected chi connectivity index (χ2v) is 6.60. The van der Waals surface area contributed by atoms with E-state index in [2.05, 4.69) is 5.32 Å². The monoisotopic (exact) mass is 358 g/mol. The summed E-state index contributed by atoms with van der Waals surface area (Å²) in [6.45, 7) is 2.02. The number of esters is 1. The minimum atomic E-state index is -1.07. The van der Waals surface area contributed by atoms with Gasteiger partial charge in [-0.05, 0) is 19.1 Å². The van der Waals surface area contributed by atoms with Crippen LogP contribution in [-0.2, 0) is 14.3 Å². The summed E-state index contributed by atoms with van der Waals surface area (Å²) in [5, 5.41) is 2.49. The number of amides is 3. The van der Waals surface area contributed by atoms with E-state index >= 15 is 0 Å². The molecule has 124 valence electrons. The number of ketones is 1. The van der Waals surface area contributed by atoms with Crippen LogP contribution < -0.4 is 5.32 Å². The van der Waals surface area contributed by atoms with Gasteiger partial charge in [0.2, 0.25) is 0 Å². The number of thiophene rings is 1.